The summed E-state index contributed by atoms with van der Waals surface area (Å²) < 4.78 is 5.47. The number of hydrogen-bond donors (Lipinski definition) is 1. The molecule has 0 saturated carbocycles. The molecule has 0 aromatic heterocycles. The third-order valence-corrected chi connectivity index (χ3v) is 1.88. The first-order chi connectivity index (χ1) is 6.27. The maximum Gasteiger partial charge on any atom is 0.247 e. The van der Waals surface area contributed by atoms with Crippen molar-refractivity contribution in [3.8, 4) is 0 Å². The number of carbonyl (C=O) groups is 1. The van der Waals surface area contributed by atoms with E-state index in [1.165, 1.54) is 0 Å². The topological polar surface area (TPSA) is 50.7 Å². The zero-order valence-corrected chi connectivity index (χ0v) is 8.17. The molecule has 1 aliphatic rings. The molecule has 74 valence electrons. The Hall–Kier alpha value is -0.900. The first-order valence-corrected chi connectivity index (χ1v) is 4.73. The summed E-state index contributed by atoms with van der Waals surface area (Å²) in [5.41, 5.74) is 0. The molecule has 1 unspecified atom stereocenters. The second kappa shape index (κ2) is 4.97. The zero-order valence-electron chi connectivity index (χ0n) is 8.17. The van der Waals surface area contributed by atoms with Crippen molar-refractivity contribution in [2.45, 2.75) is 32.8 Å². The molecule has 0 aromatic rings. The first-order valence-electron chi connectivity index (χ1n) is 4.73. The molecule has 4 nitrogen and oxygen atoms in total. The molecule has 1 amide bonds. The Morgan fingerprint density at radius 2 is 2.38 bits per heavy atom. The number of ether oxygens (including phenoxy) is 1. The van der Waals surface area contributed by atoms with Crippen LogP contribution < -0.4 is 5.32 Å². The molecule has 0 aliphatic carbocycles. The summed E-state index contributed by atoms with van der Waals surface area (Å²) in [6.07, 6.45) is 1.91. The first kappa shape index (κ1) is 10.2. The van der Waals surface area contributed by atoms with Crippen molar-refractivity contribution in [3.05, 3.63) is 0 Å². The van der Waals surface area contributed by atoms with Gasteiger partial charge in [-0.3, -0.25) is 9.79 Å². The van der Waals surface area contributed by atoms with Gasteiger partial charge < -0.3 is 10.1 Å². The molecule has 1 N–H and O–H groups in total. The highest BCUT2D eigenvalue weighted by atomic mass is 16.5. The van der Waals surface area contributed by atoms with Crippen LogP contribution in [0.5, 0.6) is 0 Å². The average molecular weight is 184 g/mol. The van der Waals surface area contributed by atoms with E-state index in [2.05, 4.69) is 17.2 Å². The molecule has 0 fully saturated rings. The van der Waals surface area contributed by atoms with Gasteiger partial charge >= 0.3 is 0 Å². The van der Waals surface area contributed by atoms with Crippen LogP contribution in [0, 0.1) is 0 Å². The molecule has 1 rings (SSSR count). The lowest BCUT2D eigenvalue weighted by Crippen LogP contribution is -2.35. The Morgan fingerprint density at radius 3 is 2.85 bits per heavy atom. The summed E-state index contributed by atoms with van der Waals surface area (Å²) in [5.74, 6) is 0.671. The van der Waals surface area contributed by atoms with Crippen LogP contribution in [-0.2, 0) is 9.53 Å². The van der Waals surface area contributed by atoms with Gasteiger partial charge in [0.05, 0.1) is 0 Å². The molecule has 0 radical (unpaired) electrons. The highest BCUT2D eigenvalue weighted by Crippen LogP contribution is 2.06. The molecular formula is C9H16N2O2. The Kier molecular flexibility index (Phi) is 3.89. The minimum Gasteiger partial charge on any atom is -0.371 e. The van der Waals surface area contributed by atoms with Gasteiger partial charge in [-0.2, -0.15) is 0 Å². The lowest BCUT2D eigenvalue weighted by Gasteiger charge is -2.15. The van der Waals surface area contributed by atoms with Gasteiger partial charge in [-0.15, -0.1) is 0 Å². The van der Waals surface area contributed by atoms with Crippen molar-refractivity contribution in [3.63, 3.8) is 0 Å². The van der Waals surface area contributed by atoms with Crippen LogP contribution in [0.4, 0.5) is 0 Å². The normalized spacial score (nSPS) is 18.3. The fourth-order valence-electron chi connectivity index (χ4n) is 1.32. The fourth-order valence-corrected chi connectivity index (χ4v) is 1.32. The summed E-state index contributed by atoms with van der Waals surface area (Å²) in [7, 11) is 0. The van der Waals surface area contributed by atoms with Crippen LogP contribution in [0.25, 0.3) is 0 Å². The predicted molar refractivity (Wildman–Crippen MR) is 50.8 cm³/mol. The van der Waals surface area contributed by atoms with Crippen LogP contribution in [0.2, 0.25) is 0 Å². The van der Waals surface area contributed by atoms with Gasteiger partial charge in [0.1, 0.15) is 18.5 Å². The van der Waals surface area contributed by atoms with E-state index >= 15 is 0 Å². The molecule has 13 heavy (non-hydrogen) atoms. The van der Waals surface area contributed by atoms with Crippen molar-refractivity contribution in [1.29, 1.82) is 0 Å². The van der Waals surface area contributed by atoms with Crippen LogP contribution in [0.15, 0.2) is 4.99 Å². The monoisotopic (exact) mass is 184 g/mol. The maximum absolute atomic E-state index is 10.9. The molecule has 0 saturated heterocycles. The van der Waals surface area contributed by atoms with Crippen LogP contribution in [0.1, 0.15) is 26.7 Å². The number of nitrogens with one attached hydrogen (secondary N) is 1. The van der Waals surface area contributed by atoms with Gasteiger partial charge in [0.2, 0.25) is 5.91 Å². The van der Waals surface area contributed by atoms with Crippen molar-refractivity contribution in [1.82, 2.24) is 5.32 Å². The third kappa shape index (κ3) is 2.81. The van der Waals surface area contributed by atoms with Crippen molar-refractivity contribution >= 4 is 11.7 Å². The fraction of sp³-hybridized carbons (Fsp3) is 0.778. The largest absolute Gasteiger partial charge is 0.371 e. The minimum absolute atomic E-state index is 0.0264. The second-order valence-electron chi connectivity index (χ2n) is 2.98. The summed E-state index contributed by atoms with van der Waals surface area (Å²) >= 11 is 0. The van der Waals surface area contributed by atoms with Crippen molar-refractivity contribution < 1.29 is 9.53 Å². The number of carbonyl (C=O) groups excluding carboxylic acids is 1. The molecule has 0 spiro atoms. The standard InChI is InChI=1S/C9H16N2O2/c1-3-5-7(13-4-2)9-10-6-8(12)11-9/h7H,3-6H2,1-2H3,(H,10,11,12). The van der Waals surface area contributed by atoms with E-state index < -0.39 is 0 Å². The molecule has 1 aliphatic heterocycles. The Balaban J connectivity index is 2.49. The minimum atomic E-state index is -0.0317. The maximum atomic E-state index is 10.9. The Bertz CT molecular complexity index is 208. The highest BCUT2D eigenvalue weighted by Gasteiger charge is 2.21. The van der Waals surface area contributed by atoms with Gasteiger partial charge in [0.15, 0.2) is 0 Å². The summed E-state index contributed by atoms with van der Waals surface area (Å²) in [6, 6.07) is 0. The van der Waals surface area contributed by atoms with E-state index in [-0.39, 0.29) is 18.6 Å². The average Bonchev–Trinajstić information content (AvgIpc) is 2.51. The molecule has 0 bridgehead atoms. The summed E-state index contributed by atoms with van der Waals surface area (Å²) in [5, 5.41) is 2.71. The van der Waals surface area contributed by atoms with Crippen LogP contribution in [0.3, 0.4) is 0 Å². The van der Waals surface area contributed by atoms with Gasteiger partial charge in [0, 0.05) is 6.61 Å². The van der Waals surface area contributed by atoms with Crippen molar-refractivity contribution in [2.24, 2.45) is 4.99 Å². The SMILES string of the molecule is CCCC(OCC)C1=NCC(=O)N1. The molecule has 4 heteroatoms. The number of amides is 1. The second-order valence-corrected chi connectivity index (χ2v) is 2.98. The quantitative estimate of drug-likeness (QED) is 0.684. The highest BCUT2D eigenvalue weighted by molar-refractivity contribution is 6.05. The lowest BCUT2D eigenvalue weighted by molar-refractivity contribution is -0.117. The Morgan fingerprint density at radius 1 is 1.62 bits per heavy atom. The van der Waals surface area contributed by atoms with E-state index in [0.717, 1.165) is 12.8 Å². The number of rotatable bonds is 5. The summed E-state index contributed by atoms with van der Waals surface area (Å²) in [6.45, 7) is 4.94. The van der Waals surface area contributed by atoms with Gasteiger partial charge in [-0.1, -0.05) is 13.3 Å². The zero-order chi connectivity index (χ0) is 9.68. The van der Waals surface area contributed by atoms with E-state index in [1.54, 1.807) is 0 Å². The smallest absolute Gasteiger partial charge is 0.247 e. The van der Waals surface area contributed by atoms with Gasteiger partial charge in [-0.25, -0.2) is 0 Å². The number of nitrogens with zero attached hydrogens (tertiary/aromatic N) is 1. The predicted octanol–water partition coefficient (Wildman–Crippen LogP) is 0.720. The number of aliphatic imine (C=N–C) groups is 1. The van der Waals surface area contributed by atoms with E-state index in [0.29, 0.717) is 12.4 Å². The molecule has 1 atom stereocenters. The number of hydrogen-bond acceptors (Lipinski definition) is 3. The van der Waals surface area contributed by atoms with Crippen molar-refractivity contribution in [2.75, 3.05) is 13.2 Å². The van der Waals surface area contributed by atoms with Crippen LogP contribution in [-0.4, -0.2) is 31.0 Å². The summed E-state index contributed by atoms with van der Waals surface area (Å²) in [4.78, 5) is 15.0. The molecular weight excluding hydrogens is 168 g/mol. The lowest BCUT2D eigenvalue weighted by atomic mass is 10.2. The molecule has 1 heterocycles. The van der Waals surface area contributed by atoms with E-state index in [1.807, 2.05) is 6.92 Å². The van der Waals surface area contributed by atoms with E-state index in [4.69, 9.17) is 4.74 Å². The van der Waals surface area contributed by atoms with Crippen LogP contribution >= 0.6 is 0 Å². The molecule has 0 aromatic carbocycles. The van der Waals surface area contributed by atoms with Gasteiger partial charge in [0.25, 0.3) is 0 Å². The van der Waals surface area contributed by atoms with E-state index in [9.17, 15) is 4.79 Å². The third-order valence-electron chi connectivity index (χ3n) is 1.88. The number of amidine groups is 1. The van der Waals surface area contributed by atoms with Gasteiger partial charge in [-0.05, 0) is 13.3 Å². The Labute approximate surface area is 78.4 Å².